The molecule has 6 heteroatoms. The fourth-order valence-electron chi connectivity index (χ4n) is 2.78. The molecule has 0 aliphatic carbocycles. The van der Waals surface area contributed by atoms with E-state index in [1.807, 2.05) is 48.5 Å². The maximum atomic E-state index is 10.9. The molecule has 0 atom stereocenters. The molecule has 3 rings (SSSR count). The molecule has 174 valence electrons. The Labute approximate surface area is 198 Å². The molecule has 0 bridgehead atoms. The van der Waals surface area contributed by atoms with E-state index in [4.69, 9.17) is 14.2 Å². The predicted molar refractivity (Wildman–Crippen MR) is 130 cm³/mol. The Balaban J connectivity index is 0.000000241. The van der Waals surface area contributed by atoms with Gasteiger partial charge in [-0.3, -0.25) is 0 Å². The molecular formula is C28H26O6. The van der Waals surface area contributed by atoms with Crippen LogP contribution in [0.2, 0.25) is 0 Å². The summed E-state index contributed by atoms with van der Waals surface area (Å²) in [5.41, 5.74) is 2.61. The van der Waals surface area contributed by atoms with Crippen LogP contribution >= 0.6 is 0 Å². The molecule has 34 heavy (non-hydrogen) atoms. The highest BCUT2D eigenvalue weighted by Gasteiger charge is 2.02. The van der Waals surface area contributed by atoms with Gasteiger partial charge in [0.2, 0.25) is 0 Å². The quantitative estimate of drug-likeness (QED) is 0.249. The van der Waals surface area contributed by atoms with Crippen molar-refractivity contribution >= 4 is 28.7 Å². The van der Waals surface area contributed by atoms with Crippen LogP contribution in [0.5, 0.6) is 0 Å². The van der Waals surface area contributed by atoms with E-state index in [0.717, 1.165) is 34.2 Å². The number of benzene rings is 3. The lowest BCUT2D eigenvalue weighted by Crippen LogP contribution is -2.02. The molecular weight excluding hydrogens is 432 g/mol. The zero-order chi connectivity index (χ0) is 24.8. The molecule has 3 aromatic rings. The molecule has 0 aromatic heterocycles. The second-order valence-electron chi connectivity index (χ2n) is 6.94. The second kappa shape index (κ2) is 13.9. The lowest BCUT2D eigenvalue weighted by atomic mass is 10.1. The van der Waals surface area contributed by atoms with E-state index < -0.39 is 17.9 Å². The molecule has 0 aliphatic heterocycles. The van der Waals surface area contributed by atoms with Crippen molar-refractivity contribution in [2.24, 2.45) is 0 Å². The van der Waals surface area contributed by atoms with Crippen molar-refractivity contribution in [1.82, 2.24) is 0 Å². The van der Waals surface area contributed by atoms with Gasteiger partial charge in [-0.1, -0.05) is 74.3 Å². The molecule has 0 spiro atoms. The summed E-state index contributed by atoms with van der Waals surface area (Å²) in [5.74, 6) is -1.34. The van der Waals surface area contributed by atoms with Crippen LogP contribution in [0.3, 0.4) is 0 Å². The van der Waals surface area contributed by atoms with Gasteiger partial charge in [-0.15, -0.1) is 0 Å². The summed E-state index contributed by atoms with van der Waals surface area (Å²) in [6, 6.07) is 21.3. The SMILES string of the molecule is C=CC(=O)OCc1ccc2ccccc2c1.C=CC(=O)OCc1cccc(COC(=O)C=C)c1. The summed E-state index contributed by atoms with van der Waals surface area (Å²) in [4.78, 5) is 32.7. The Bertz CT molecular complexity index is 1140. The third-order valence-corrected chi connectivity index (χ3v) is 4.45. The van der Waals surface area contributed by atoms with Gasteiger partial charge in [-0.05, 0) is 39.6 Å². The number of hydrogen-bond donors (Lipinski definition) is 0. The molecule has 0 unspecified atom stereocenters. The second-order valence-corrected chi connectivity index (χ2v) is 6.94. The van der Waals surface area contributed by atoms with E-state index >= 15 is 0 Å². The van der Waals surface area contributed by atoms with Gasteiger partial charge in [0.25, 0.3) is 0 Å². The van der Waals surface area contributed by atoms with Crippen LogP contribution in [0.25, 0.3) is 10.8 Å². The molecule has 0 amide bonds. The lowest BCUT2D eigenvalue weighted by molar-refractivity contribution is -0.139. The summed E-state index contributed by atoms with van der Waals surface area (Å²) in [6.07, 6.45) is 3.38. The molecule has 0 aliphatic rings. The largest absolute Gasteiger partial charge is 0.458 e. The van der Waals surface area contributed by atoms with Crippen molar-refractivity contribution in [3.63, 3.8) is 0 Å². The summed E-state index contributed by atoms with van der Waals surface area (Å²) < 4.78 is 14.8. The maximum absolute atomic E-state index is 10.9. The van der Waals surface area contributed by atoms with Gasteiger partial charge >= 0.3 is 17.9 Å². The van der Waals surface area contributed by atoms with Gasteiger partial charge in [0.1, 0.15) is 19.8 Å². The molecule has 0 fully saturated rings. The standard InChI is InChI=1S/C14H14O4.C14H12O2/c1-3-13(15)17-9-11-6-5-7-12(8-11)10-18-14(16)4-2;1-2-14(15)16-10-11-7-8-12-5-3-4-6-13(12)9-11/h3-8H,1-2,9-10H2;2-9H,1,10H2. The van der Waals surface area contributed by atoms with Crippen molar-refractivity contribution in [1.29, 1.82) is 0 Å². The summed E-state index contributed by atoms with van der Waals surface area (Å²) in [7, 11) is 0. The van der Waals surface area contributed by atoms with Gasteiger partial charge < -0.3 is 14.2 Å². The smallest absolute Gasteiger partial charge is 0.330 e. The predicted octanol–water partition coefficient (Wildman–Crippen LogP) is 5.21. The van der Waals surface area contributed by atoms with Crippen LogP contribution in [0.4, 0.5) is 0 Å². The first-order chi connectivity index (χ1) is 16.4. The van der Waals surface area contributed by atoms with Crippen molar-refractivity contribution in [2.75, 3.05) is 0 Å². The Morgan fingerprint density at radius 1 is 0.559 bits per heavy atom. The lowest BCUT2D eigenvalue weighted by Gasteiger charge is -2.06. The molecule has 6 nitrogen and oxygen atoms in total. The zero-order valence-corrected chi connectivity index (χ0v) is 18.8. The average Bonchev–Trinajstić information content (AvgIpc) is 2.89. The number of carbonyl (C=O) groups excluding carboxylic acids is 3. The van der Waals surface area contributed by atoms with E-state index in [9.17, 15) is 14.4 Å². The molecule has 3 aromatic carbocycles. The monoisotopic (exact) mass is 458 g/mol. The van der Waals surface area contributed by atoms with Gasteiger partial charge in [0.05, 0.1) is 0 Å². The number of rotatable bonds is 9. The Morgan fingerprint density at radius 2 is 1.00 bits per heavy atom. The van der Waals surface area contributed by atoms with Crippen molar-refractivity contribution in [3.8, 4) is 0 Å². The zero-order valence-electron chi connectivity index (χ0n) is 18.8. The Hall–Kier alpha value is -4.45. The number of esters is 3. The summed E-state index contributed by atoms with van der Waals surface area (Å²) in [5, 5.41) is 2.33. The van der Waals surface area contributed by atoms with Crippen LogP contribution in [0, 0.1) is 0 Å². The van der Waals surface area contributed by atoms with Gasteiger partial charge in [-0.2, -0.15) is 0 Å². The van der Waals surface area contributed by atoms with Crippen LogP contribution in [0.1, 0.15) is 16.7 Å². The fourth-order valence-corrected chi connectivity index (χ4v) is 2.78. The maximum Gasteiger partial charge on any atom is 0.330 e. The number of ether oxygens (including phenoxy) is 3. The topological polar surface area (TPSA) is 78.9 Å². The first-order valence-electron chi connectivity index (χ1n) is 10.4. The van der Waals surface area contributed by atoms with E-state index in [1.165, 1.54) is 11.5 Å². The molecule has 0 saturated heterocycles. The van der Waals surface area contributed by atoms with Crippen molar-refractivity contribution < 1.29 is 28.6 Å². The minimum absolute atomic E-state index is 0.161. The molecule has 0 saturated carbocycles. The van der Waals surface area contributed by atoms with Crippen molar-refractivity contribution in [2.45, 2.75) is 19.8 Å². The third kappa shape index (κ3) is 8.96. The molecule has 0 radical (unpaired) electrons. The van der Waals surface area contributed by atoms with E-state index in [-0.39, 0.29) is 19.8 Å². The number of hydrogen-bond acceptors (Lipinski definition) is 6. The minimum atomic E-state index is -0.474. The van der Waals surface area contributed by atoms with Gasteiger partial charge in [0.15, 0.2) is 0 Å². The Morgan fingerprint density at radius 3 is 1.47 bits per heavy atom. The highest BCUT2D eigenvalue weighted by atomic mass is 16.5. The first-order valence-corrected chi connectivity index (χ1v) is 10.4. The normalized spacial score (nSPS) is 9.65. The van der Waals surface area contributed by atoms with E-state index in [2.05, 4.69) is 25.8 Å². The highest BCUT2D eigenvalue weighted by molar-refractivity contribution is 5.83. The van der Waals surface area contributed by atoms with Crippen LogP contribution in [0.15, 0.2) is 105 Å². The van der Waals surface area contributed by atoms with Crippen LogP contribution < -0.4 is 0 Å². The van der Waals surface area contributed by atoms with Crippen LogP contribution in [-0.2, 0) is 48.4 Å². The summed E-state index contributed by atoms with van der Waals surface area (Å²) >= 11 is 0. The fraction of sp³-hybridized carbons (Fsp3) is 0.107. The minimum Gasteiger partial charge on any atom is -0.458 e. The van der Waals surface area contributed by atoms with E-state index in [1.54, 1.807) is 12.1 Å². The summed E-state index contributed by atoms with van der Waals surface area (Å²) in [6.45, 7) is 10.6. The van der Waals surface area contributed by atoms with Gasteiger partial charge in [-0.25, -0.2) is 14.4 Å². The highest BCUT2D eigenvalue weighted by Crippen LogP contribution is 2.16. The number of carbonyl (C=O) groups is 3. The number of fused-ring (bicyclic) bond motifs is 1. The first kappa shape index (κ1) is 25.8. The Kier molecular flexibility index (Phi) is 10.5. The van der Waals surface area contributed by atoms with Gasteiger partial charge in [0, 0.05) is 18.2 Å². The van der Waals surface area contributed by atoms with E-state index in [0.29, 0.717) is 0 Å². The molecule has 0 heterocycles. The third-order valence-electron chi connectivity index (χ3n) is 4.45. The molecule has 0 N–H and O–H groups in total. The average molecular weight is 459 g/mol. The van der Waals surface area contributed by atoms with Crippen molar-refractivity contribution in [3.05, 3.63) is 121 Å². The van der Waals surface area contributed by atoms with Crippen LogP contribution in [-0.4, -0.2) is 17.9 Å².